The maximum atomic E-state index is 6.11. The number of benzene rings is 2. The first-order valence-electron chi connectivity index (χ1n) is 9.22. The largest absolute Gasteiger partial charge is 0.438 e. The first-order chi connectivity index (χ1) is 13.6. The lowest BCUT2D eigenvalue weighted by Gasteiger charge is -2.09. The summed E-state index contributed by atoms with van der Waals surface area (Å²) in [4.78, 5) is 8.10. The van der Waals surface area contributed by atoms with Gasteiger partial charge in [-0.2, -0.15) is 4.40 Å². The van der Waals surface area contributed by atoms with Crippen LogP contribution in [0.5, 0.6) is 5.75 Å². The Hall–Kier alpha value is -3.18. The average Bonchev–Trinajstić information content (AvgIpc) is 3.21. The third-order valence-corrected chi connectivity index (χ3v) is 6.08. The van der Waals surface area contributed by atoms with Gasteiger partial charge in [-0.25, -0.2) is 0 Å². The van der Waals surface area contributed by atoms with Crippen molar-refractivity contribution in [3.8, 4) is 16.2 Å². The fourth-order valence-corrected chi connectivity index (χ4v) is 4.81. The molecule has 3 heterocycles. The monoisotopic (exact) mass is 386 g/mol. The fraction of sp³-hybridized carbons (Fsp3) is 0.130. The van der Waals surface area contributed by atoms with Gasteiger partial charge in [0.1, 0.15) is 10.6 Å². The summed E-state index contributed by atoms with van der Waals surface area (Å²) in [6.45, 7) is 4.17. The van der Waals surface area contributed by atoms with Crippen LogP contribution in [0.2, 0.25) is 0 Å². The highest BCUT2D eigenvalue weighted by molar-refractivity contribution is 7.16. The van der Waals surface area contributed by atoms with Gasteiger partial charge in [0, 0.05) is 25.6 Å². The molecule has 0 fully saturated rings. The van der Waals surface area contributed by atoms with Crippen molar-refractivity contribution in [1.82, 2.24) is 4.98 Å². The summed E-state index contributed by atoms with van der Waals surface area (Å²) in [5.41, 5.74) is 5.42. The van der Waals surface area contributed by atoms with E-state index in [1.807, 2.05) is 38.2 Å². The Labute approximate surface area is 168 Å². The molecule has 0 amide bonds. The van der Waals surface area contributed by atoms with Gasteiger partial charge < -0.3 is 9.64 Å². The molecule has 2 aromatic carbocycles. The maximum Gasteiger partial charge on any atom is 0.347 e. The zero-order valence-electron chi connectivity index (χ0n) is 16.0. The lowest BCUT2D eigenvalue weighted by Crippen LogP contribution is -2.28. The van der Waals surface area contributed by atoms with Crippen molar-refractivity contribution in [3.05, 3.63) is 82.9 Å². The number of rotatable bonds is 2. The van der Waals surface area contributed by atoms with E-state index in [4.69, 9.17) is 9.72 Å². The number of nitrogens with zero attached hydrogens (tertiary/aromatic N) is 3. The molecule has 0 unspecified atom stereocenters. The number of aryl methyl sites for hydroxylation is 2. The molecular formula is C23H20N3OS+. The Morgan fingerprint density at radius 3 is 2.57 bits per heavy atom. The molecule has 28 heavy (non-hydrogen) atoms. The van der Waals surface area contributed by atoms with Gasteiger partial charge in [-0.1, -0.05) is 53.8 Å². The molecule has 1 aliphatic rings. The third-order valence-electron chi connectivity index (χ3n) is 4.95. The number of aromatic nitrogens is 2. The molecule has 0 spiro atoms. The van der Waals surface area contributed by atoms with Gasteiger partial charge in [0.2, 0.25) is 5.88 Å². The van der Waals surface area contributed by atoms with E-state index >= 15 is 0 Å². The zero-order chi connectivity index (χ0) is 19.3. The summed E-state index contributed by atoms with van der Waals surface area (Å²) in [6, 6.07) is 20.7. The van der Waals surface area contributed by atoms with Crippen molar-refractivity contribution in [2.75, 3.05) is 11.9 Å². The molecule has 5 rings (SSSR count). The maximum absolute atomic E-state index is 6.11. The molecule has 0 aliphatic carbocycles. The molecule has 0 atom stereocenters. The van der Waals surface area contributed by atoms with Crippen LogP contribution in [0, 0.1) is 13.8 Å². The first-order valence-corrected chi connectivity index (χ1v) is 10.0. The van der Waals surface area contributed by atoms with Gasteiger partial charge in [0.05, 0.1) is 11.8 Å². The van der Waals surface area contributed by atoms with Crippen LogP contribution in [-0.2, 0) is 0 Å². The normalized spacial score (nSPS) is 14.5. The van der Waals surface area contributed by atoms with E-state index in [2.05, 4.69) is 58.7 Å². The van der Waals surface area contributed by atoms with Crippen molar-refractivity contribution >= 4 is 28.7 Å². The Morgan fingerprint density at radius 2 is 1.79 bits per heavy atom. The summed E-state index contributed by atoms with van der Waals surface area (Å²) in [7, 11) is 2.03. The highest BCUT2D eigenvalue weighted by Gasteiger charge is 2.27. The van der Waals surface area contributed by atoms with E-state index in [-0.39, 0.29) is 0 Å². The molecule has 0 radical (unpaired) electrons. The molecule has 0 N–H and O–H groups in total. The molecule has 5 heteroatoms. The van der Waals surface area contributed by atoms with Crippen LogP contribution in [0.4, 0.5) is 5.69 Å². The Bertz CT molecular complexity index is 1230. The van der Waals surface area contributed by atoms with Crippen LogP contribution < -0.4 is 14.0 Å². The molecule has 138 valence electrons. The van der Waals surface area contributed by atoms with Gasteiger partial charge in [0.25, 0.3) is 0 Å². The number of ether oxygens (including phenoxy) is 1. The Morgan fingerprint density at radius 1 is 1.04 bits per heavy atom. The third kappa shape index (κ3) is 2.67. The number of anilines is 1. The van der Waals surface area contributed by atoms with Crippen molar-refractivity contribution in [2.45, 2.75) is 13.8 Å². The SMILES string of the molecule is Cc1cc(C)[n+]2c(/C=C3/Oc4ccccc4N3C)sc(-c3ccccc3)c2n1. The predicted molar refractivity (Wildman–Crippen MR) is 114 cm³/mol. The second-order valence-electron chi connectivity index (χ2n) is 6.94. The van der Waals surface area contributed by atoms with E-state index in [1.165, 1.54) is 5.56 Å². The smallest absolute Gasteiger partial charge is 0.347 e. The minimum Gasteiger partial charge on any atom is -0.438 e. The number of para-hydroxylation sites is 2. The fourth-order valence-electron chi connectivity index (χ4n) is 3.63. The highest BCUT2D eigenvalue weighted by Crippen LogP contribution is 2.39. The summed E-state index contributed by atoms with van der Waals surface area (Å²) >= 11 is 1.73. The molecule has 1 aliphatic heterocycles. The lowest BCUT2D eigenvalue weighted by atomic mass is 10.2. The first kappa shape index (κ1) is 17.0. The summed E-state index contributed by atoms with van der Waals surface area (Å²) < 4.78 is 8.33. The van der Waals surface area contributed by atoms with Crippen LogP contribution in [0.1, 0.15) is 16.4 Å². The zero-order valence-corrected chi connectivity index (χ0v) is 16.8. The minimum absolute atomic E-state index is 0.816. The van der Waals surface area contributed by atoms with Crippen LogP contribution in [0.3, 0.4) is 0 Å². The second-order valence-corrected chi connectivity index (χ2v) is 7.98. The van der Waals surface area contributed by atoms with Crippen LogP contribution in [-0.4, -0.2) is 12.0 Å². The topological polar surface area (TPSA) is 29.5 Å². The Kier molecular flexibility index (Phi) is 3.91. The number of thiazole rings is 1. The van der Waals surface area contributed by atoms with E-state index in [0.717, 1.165) is 44.2 Å². The van der Waals surface area contributed by atoms with Gasteiger partial charge >= 0.3 is 5.65 Å². The molecular weight excluding hydrogens is 366 g/mol. The second kappa shape index (κ2) is 6.46. The summed E-state index contributed by atoms with van der Waals surface area (Å²) in [6.07, 6.45) is 2.11. The Balaban J connectivity index is 1.71. The number of hydrogen-bond donors (Lipinski definition) is 0. The molecule has 0 saturated carbocycles. The molecule has 0 bridgehead atoms. The van der Waals surface area contributed by atoms with Crippen molar-refractivity contribution < 1.29 is 9.14 Å². The predicted octanol–water partition coefficient (Wildman–Crippen LogP) is 4.99. The van der Waals surface area contributed by atoms with Crippen molar-refractivity contribution in [2.24, 2.45) is 0 Å². The van der Waals surface area contributed by atoms with E-state index in [9.17, 15) is 0 Å². The standard InChI is InChI=1S/C23H20N3OS/c1-15-13-16(2)26-21(14-20-25(3)18-11-7-8-12-19(18)27-20)28-22(23(26)24-15)17-9-5-4-6-10-17/h4-14H,1-3H3/q+1. The van der Waals surface area contributed by atoms with Crippen LogP contribution >= 0.6 is 11.3 Å². The van der Waals surface area contributed by atoms with Gasteiger partial charge in [-0.3, -0.25) is 0 Å². The van der Waals surface area contributed by atoms with Crippen molar-refractivity contribution in [3.63, 3.8) is 0 Å². The van der Waals surface area contributed by atoms with Gasteiger partial charge in [-0.05, 0) is 24.0 Å². The molecule has 4 aromatic rings. The van der Waals surface area contributed by atoms with E-state index in [0.29, 0.717) is 0 Å². The van der Waals surface area contributed by atoms with Crippen LogP contribution in [0.25, 0.3) is 22.2 Å². The summed E-state index contributed by atoms with van der Waals surface area (Å²) in [5.74, 6) is 1.70. The molecule has 0 saturated heterocycles. The van der Waals surface area contributed by atoms with Crippen molar-refractivity contribution in [1.29, 1.82) is 0 Å². The van der Waals surface area contributed by atoms with Gasteiger partial charge in [-0.15, -0.1) is 0 Å². The summed E-state index contributed by atoms with van der Waals surface area (Å²) in [5, 5.41) is 1.09. The van der Waals surface area contributed by atoms with E-state index < -0.39 is 0 Å². The van der Waals surface area contributed by atoms with Gasteiger partial charge in [0.15, 0.2) is 16.5 Å². The number of fused-ring (bicyclic) bond motifs is 2. The average molecular weight is 387 g/mol. The molecule has 4 nitrogen and oxygen atoms in total. The molecule has 2 aromatic heterocycles. The van der Waals surface area contributed by atoms with E-state index in [1.54, 1.807) is 11.3 Å². The number of hydrogen-bond acceptors (Lipinski definition) is 4. The quantitative estimate of drug-likeness (QED) is 0.455. The highest BCUT2D eigenvalue weighted by atomic mass is 32.1. The van der Waals surface area contributed by atoms with Crippen LogP contribution in [0.15, 0.2) is 66.5 Å². The lowest BCUT2D eigenvalue weighted by molar-refractivity contribution is -0.518. The minimum atomic E-state index is 0.816.